The van der Waals surface area contributed by atoms with Gasteiger partial charge in [-0.05, 0) is 61.4 Å². The molecule has 294 valence electrons. The number of nitrogen functional groups attached to an aromatic ring is 1. The Hall–Kier alpha value is -4.71. The average Bonchev–Trinajstić information content (AvgIpc) is 3.51. The Morgan fingerprint density at radius 1 is 1.02 bits per heavy atom. The fraction of sp³-hybridized carbons (Fsp3) is 0.568. The van der Waals surface area contributed by atoms with Gasteiger partial charge in [0.1, 0.15) is 30.3 Å². The van der Waals surface area contributed by atoms with Crippen molar-refractivity contribution in [3.63, 3.8) is 0 Å². The Bertz CT molecular complexity index is 1850. The minimum Gasteiger partial charge on any atom is -0.462 e. The zero-order chi connectivity index (χ0) is 39.8. The largest absolute Gasteiger partial charge is 0.462 e. The number of benzene rings is 1. The Labute approximate surface area is 315 Å². The molecule has 4 rings (SSSR count). The second-order valence-electron chi connectivity index (χ2n) is 15.0. The number of fused-ring (bicyclic) bond motifs is 1. The number of ether oxygens (including phenoxy) is 4. The van der Waals surface area contributed by atoms with E-state index in [-0.39, 0.29) is 35.2 Å². The average molecular weight is 771 g/mol. The number of anilines is 1. The molecule has 1 unspecified atom stereocenters. The maximum atomic E-state index is 14.6. The number of nitriles is 1. The molecule has 0 aliphatic heterocycles. The third kappa shape index (κ3) is 11.2. The lowest BCUT2D eigenvalue weighted by Gasteiger charge is -2.33. The van der Waals surface area contributed by atoms with Crippen LogP contribution in [0.1, 0.15) is 98.4 Å². The molecule has 0 bridgehead atoms. The van der Waals surface area contributed by atoms with E-state index < -0.39 is 68.5 Å². The van der Waals surface area contributed by atoms with Crippen LogP contribution in [0.15, 0.2) is 42.7 Å². The summed E-state index contributed by atoms with van der Waals surface area (Å²) in [6.45, 7) is 13.5. The fourth-order valence-corrected chi connectivity index (χ4v) is 6.87. The van der Waals surface area contributed by atoms with Crippen LogP contribution in [0, 0.1) is 23.4 Å². The summed E-state index contributed by atoms with van der Waals surface area (Å²) in [5, 5.41) is 16.9. The van der Waals surface area contributed by atoms with Crippen molar-refractivity contribution in [3.8, 4) is 12.0 Å². The van der Waals surface area contributed by atoms with Crippen molar-refractivity contribution in [3.05, 3.63) is 54.0 Å². The number of hydrogen-bond donors (Lipinski definition) is 2. The lowest BCUT2D eigenvalue weighted by Crippen LogP contribution is -2.44. The quantitative estimate of drug-likeness (QED) is 0.0661. The lowest BCUT2D eigenvalue weighted by molar-refractivity contribution is -0.184. The molecular formula is C37H51N6O10P. The second-order valence-corrected chi connectivity index (χ2v) is 16.6. The minimum absolute atomic E-state index is 0.124. The van der Waals surface area contributed by atoms with E-state index in [9.17, 15) is 24.2 Å². The van der Waals surface area contributed by atoms with Gasteiger partial charge in [-0.1, -0.05) is 60.6 Å². The van der Waals surface area contributed by atoms with Gasteiger partial charge >= 0.3 is 25.7 Å². The van der Waals surface area contributed by atoms with Crippen molar-refractivity contribution >= 4 is 37.0 Å². The fourth-order valence-electron chi connectivity index (χ4n) is 5.32. The zero-order valence-electron chi connectivity index (χ0n) is 32.0. The van der Waals surface area contributed by atoms with Crippen LogP contribution in [0.2, 0.25) is 0 Å². The Morgan fingerprint density at radius 3 is 2.24 bits per heavy atom. The Morgan fingerprint density at radius 2 is 1.67 bits per heavy atom. The number of carbonyl (C=O) groups excluding carboxylic acids is 3. The SMILES string of the molecule is CC(C)C(=O)O[C@H]([C@@H](COP(=O)(N[C@@H](C)CC(=O)OC1CCC1)Oc1ccc(C(C)(C)C)cc1)OC#N)[C@@H](OC(=O)C(C)C)c1ccc2c(N)ncnn12. The first-order chi connectivity index (χ1) is 25.4. The number of nitrogens with zero attached hydrogens (tertiary/aromatic N) is 4. The molecule has 17 heteroatoms. The highest BCUT2D eigenvalue weighted by Gasteiger charge is 2.43. The third-order valence-corrected chi connectivity index (χ3v) is 10.4. The molecule has 2 aromatic heterocycles. The maximum Gasteiger partial charge on any atom is 0.459 e. The first-order valence-corrected chi connectivity index (χ1v) is 19.5. The molecule has 0 amide bonds. The van der Waals surface area contributed by atoms with Gasteiger partial charge in [0, 0.05) is 6.04 Å². The number of rotatable bonds is 18. The molecule has 0 radical (unpaired) electrons. The van der Waals surface area contributed by atoms with Crippen molar-refractivity contribution in [2.24, 2.45) is 11.8 Å². The molecule has 3 aromatic rings. The second kappa shape index (κ2) is 18.1. The summed E-state index contributed by atoms with van der Waals surface area (Å²) in [7, 11) is -4.42. The minimum atomic E-state index is -4.42. The Balaban J connectivity index is 1.72. The monoisotopic (exact) mass is 770 g/mol. The van der Waals surface area contributed by atoms with Gasteiger partial charge in [0.15, 0.2) is 24.1 Å². The van der Waals surface area contributed by atoms with Gasteiger partial charge in [-0.3, -0.25) is 18.9 Å². The van der Waals surface area contributed by atoms with E-state index in [1.54, 1.807) is 65.1 Å². The summed E-state index contributed by atoms with van der Waals surface area (Å²) in [6.07, 6.45) is 0.528. The zero-order valence-corrected chi connectivity index (χ0v) is 32.9. The van der Waals surface area contributed by atoms with Gasteiger partial charge in [-0.15, -0.1) is 0 Å². The number of carbonyl (C=O) groups is 3. The molecule has 3 N–H and O–H groups in total. The Kier molecular flexibility index (Phi) is 14.1. The predicted molar refractivity (Wildman–Crippen MR) is 197 cm³/mol. The van der Waals surface area contributed by atoms with Gasteiger partial charge < -0.3 is 29.2 Å². The van der Waals surface area contributed by atoms with E-state index in [1.807, 2.05) is 32.9 Å². The van der Waals surface area contributed by atoms with Crippen molar-refractivity contribution in [2.75, 3.05) is 12.3 Å². The molecule has 1 saturated carbocycles. The highest BCUT2D eigenvalue weighted by molar-refractivity contribution is 7.52. The smallest absolute Gasteiger partial charge is 0.459 e. The van der Waals surface area contributed by atoms with Crippen LogP contribution in [0.3, 0.4) is 0 Å². The molecular weight excluding hydrogens is 719 g/mol. The molecule has 1 aromatic carbocycles. The van der Waals surface area contributed by atoms with Gasteiger partial charge in [-0.2, -0.15) is 10.4 Å². The van der Waals surface area contributed by atoms with Gasteiger partial charge in [0.2, 0.25) is 0 Å². The van der Waals surface area contributed by atoms with Crippen molar-refractivity contribution in [1.82, 2.24) is 19.7 Å². The van der Waals surface area contributed by atoms with E-state index in [0.717, 1.165) is 24.8 Å². The first-order valence-electron chi connectivity index (χ1n) is 18.0. The molecule has 16 nitrogen and oxygen atoms in total. The number of esters is 3. The topological polar surface area (TPSA) is 216 Å². The van der Waals surface area contributed by atoms with E-state index in [0.29, 0.717) is 5.52 Å². The van der Waals surface area contributed by atoms with E-state index >= 15 is 0 Å². The highest BCUT2D eigenvalue weighted by Crippen LogP contribution is 2.46. The third-order valence-electron chi connectivity index (χ3n) is 8.67. The molecule has 0 saturated heterocycles. The van der Waals surface area contributed by atoms with Gasteiger partial charge in [0.25, 0.3) is 6.26 Å². The number of hydrogen-bond acceptors (Lipinski definition) is 14. The summed E-state index contributed by atoms with van der Waals surface area (Å²) in [5.41, 5.74) is 7.48. The van der Waals surface area contributed by atoms with Crippen LogP contribution in [0.25, 0.3) is 5.52 Å². The van der Waals surface area contributed by atoms with Crippen LogP contribution < -0.4 is 15.3 Å². The van der Waals surface area contributed by atoms with E-state index in [1.165, 1.54) is 10.8 Å². The molecule has 1 aliphatic carbocycles. The van der Waals surface area contributed by atoms with E-state index in [4.69, 9.17) is 33.7 Å². The van der Waals surface area contributed by atoms with Gasteiger partial charge in [0.05, 0.1) is 24.0 Å². The van der Waals surface area contributed by atoms with Crippen molar-refractivity contribution < 1.29 is 46.9 Å². The summed E-state index contributed by atoms with van der Waals surface area (Å²) in [6, 6.07) is 9.31. The standard InChI is InChI=1S/C37H51N6O10P/c1-22(2)35(45)51-32(28-16-17-29-34(39)40-21-41-43(28)29)33(52-36(46)23(3)4)30(48-20-38)19-49-54(47,42-24(5)18-31(44)50-26-10-9-11-26)53-27-14-12-25(13-15-27)37(6,7)8/h12-17,21-24,26,30,32-33H,9-11,18-19H2,1-8H3,(H,42,47)(H2,39,40,41)/t24-,30+,32-,33+,54?/m0/s1. The molecule has 1 aliphatic rings. The number of nitrogens with two attached hydrogens (primary N) is 1. The molecule has 5 atom stereocenters. The predicted octanol–water partition coefficient (Wildman–Crippen LogP) is 5.95. The summed E-state index contributed by atoms with van der Waals surface area (Å²) in [4.78, 5) is 43.1. The molecule has 2 heterocycles. The summed E-state index contributed by atoms with van der Waals surface area (Å²) >= 11 is 0. The first kappa shape index (κ1) is 42.0. The summed E-state index contributed by atoms with van der Waals surface area (Å²) < 4.78 is 50.7. The van der Waals surface area contributed by atoms with Gasteiger partial charge in [-0.25, -0.2) is 19.2 Å². The van der Waals surface area contributed by atoms with E-state index in [2.05, 4.69) is 15.2 Å². The van der Waals surface area contributed by atoms with Crippen LogP contribution in [-0.4, -0.2) is 63.5 Å². The molecule has 54 heavy (non-hydrogen) atoms. The molecule has 1 fully saturated rings. The lowest BCUT2D eigenvalue weighted by atomic mass is 9.87. The van der Waals surface area contributed by atoms with Crippen LogP contribution >= 0.6 is 7.75 Å². The number of nitrogens with one attached hydrogen (secondary N) is 1. The maximum absolute atomic E-state index is 14.6. The van der Waals surface area contributed by atoms with Crippen LogP contribution in [-0.2, 0) is 47.8 Å². The summed E-state index contributed by atoms with van der Waals surface area (Å²) in [5.74, 6) is -2.84. The normalized spacial score (nSPS) is 16.7. The highest BCUT2D eigenvalue weighted by atomic mass is 31.2. The van der Waals surface area contributed by atoms with Crippen molar-refractivity contribution in [1.29, 1.82) is 5.26 Å². The van der Waals surface area contributed by atoms with Crippen LogP contribution in [0.5, 0.6) is 5.75 Å². The molecule has 0 spiro atoms. The number of aromatic nitrogens is 3. The van der Waals surface area contributed by atoms with Crippen molar-refractivity contribution in [2.45, 2.75) is 117 Å². The van der Waals surface area contributed by atoms with Crippen LogP contribution in [0.4, 0.5) is 5.82 Å².